The Morgan fingerprint density at radius 3 is 2.60 bits per heavy atom. The first kappa shape index (κ1) is 7.86. The second kappa shape index (κ2) is 2.42. The molecule has 58 valence electrons. The molecule has 0 aromatic rings. The first-order valence-electron chi connectivity index (χ1n) is 3.51. The summed E-state index contributed by atoms with van der Waals surface area (Å²) in [6.45, 7) is 2.06. The van der Waals surface area contributed by atoms with E-state index in [1.807, 2.05) is 0 Å². The molecule has 0 aromatic carbocycles. The van der Waals surface area contributed by atoms with E-state index in [0.29, 0.717) is 18.8 Å². The summed E-state index contributed by atoms with van der Waals surface area (Å²) < 4.78 is 0. The number of carbonyl (C=O) groups is 1. The van der Waals surface area contributed by atoms with Crippen molar-refractivity contribution < 1.29 is 9.90 Å². The Morgan fingerprint density at radius 1 is 1.80 bits per heavy atom. The minimum absolute atomic E-state index is 0.536. The van der Waals surface area contributed by atoms with E-state index in [4.69, 9.17) is 16.7 Å². The summed E-state index contributed by atoms with van der Waals surface area (Å²) in [6, 6.07) is 0. The molecule has 0 aliphatic heterocycles. The molecule has 10 heavy (non-hydrogen) atoms. The van der Waals surface area contributed by atoms with Crippen LogP contribution < -0.4 is 0 Å². The van der Waals surface area contributed by atoms with E-state index in [1.165, 1.54) is 0 Å². The number of carboxylic acids is 1. The van der Waals surface area contributed by atoms with Gasteiger partial charge in [0.2, 0.25) is 0 Å². The number of halogens is 1. The monoisotopic (exact) mass is 162 g/mol. The Labute approximate surface area is 65.2 Å². The fourth-order valence-electron chi connectivity index (χ4n) is 1.32. The summed E-state index contributed by atoms with van der Waals surface area (Å²) in [5.41, 5.74) is 0. The third kappa shape index (κ3) is 1.12. The number of hydrogen-bond donors (Lipinski definition) is 1. The third-order valence-electron chi connectivity index (χ3n) is 2.19. The highest BCUT2D eigenvalue weighted by Gasteiger charge is 2.47. The van der Waals surface area contributed by atoms with E-state index in [2.05, 4.69) is 6.92 Å². The van der Waals surface area contributed by atoms with Gasteiger partial charge in [-0.3, -0.25) is 4.79 Å². The fraction of sp³-hybridized carbons (Fsp3) is 0.857. The Bertz CT molecular complexity index is 150. The van der Waals surface area contributed by atoms with Gasteiger partial charge in [0.15, 0.2) is 0 Å². The van der Waals surface area contributed by atoms with Crippen LogP contribution in [0.25, 0.3) is 0 Å². The van der Waals surface area contributed by atoms with Crippen molar-refractivity contribution in [3.63, 3.8) is 0 Å². The van der Waals surface area contributed by atoms with Gasteiger partial charge in [0.05, 0.1) is 0 Å². The highest BCUT2D eigenvalue weighted by atomic mass is 35.5. The minimum Gasteiger partial charge on any atom is -0.480 e. The highest BCUT2D eigenvalue weighted by Crippen LogP contribution is 2.44. The van der Waals surface area contributed by atoms with Gasteiger partial charge in [-0.2, -0.15) is 0 Å². The SMILES string of the molecule is CCC1CC(Cl)(C(=O)O)C1. The van der Waals surface area contributed by atoms with Gasteiger partial charge in [-0.25, -0.2) is 0 Å². The van der Waals surface area contributed by atoms with Crippen LogP contribution in [0.3, 0.4) is 0 Å². The zero-order valence-electron chi connectivity index (χ0n) is 5.93. The standard InChI is InChI=1S/C7H11ClO2/c1-2-5-3-7(8,4-5)6(9)10/h5H,2-4H2,1H3,(H,9,10). The fourth-order valence-corrected chi connectivity index (χ4v) is 1.76. The second-order valence-corrected chi connectivity index (χ2v) is 3.68. The lowest BCUT2D eigenvalue weighted by Gasteiger charge is -2.38. The maximum absolute atomic E-state index is 10.4. The molecule has 0 atom stereocenters. The number of hydrogen-bond acceptors (Lipinski definition) is 1. The first-order chi connectivity index (χ1) is 4.58. The zero-order chi connectivity index (χ0) is 7.78. The molecule has 0 unspecified atom stereocenters. The molecule has 3 heteroatoms. The summed E-state index contributed by atoms with van der Waals surface area (Å²) >= 11 is 5.72. The minimum atomic E-state index is -0.916. The second-order valence-electron chi connectivity index (χ2n) is 2.95. The van der Waals surface area contributed by atoms with Gasteiger partial charge in [0.1, 0.15) is 4.87 Å². The van der Waals surface area contributed by atoms with Crippen molar-refractivity contribution in [1.82, 2.24) is 0 Å². The third-order valence-corrected chi connectivity index (χ3v) is 2.66. The average Bonchev–Trinajstić information content (AvgIpc) is 1.80. The molecular weight excluding hydrogens is 152 g/mol. The van der Waals surface area contributed by atoms with Gasteiger partial charge in [-0.05, 0) is 18.8 Å². The molecule has 1 fully saturated rings. The van der Waals surface area contributed by atoms with E-state index in [1.54, 1.807) is 0 Å². The van der Waals surface area contributed by atoms with E-state index in [0.717, 1.165) is 6.42 Å². The Balaban J connectivity index is 2.42. The zero-order valence-corrected chi connectivity index (χ0v) is 6.69. The summed E-state index contributed by atoms with van der Waals surface area (Å²) in [6.07, 6.45) is 2.32. The number of carboxylic acid groups (broad SMARTS) is 1. The molecule has 1 saturated carbocycles. The van der Waals surface area contributed by atoms with Gasteiger partial charge in [-0.15, -0.1) is 11.6 Å². The van der Waals surface area contributed by atoms with Gasteiger partial charge < -0.3 is 5.11 Å². The van der Waals surface area contributed by atoms with Gasteiger partial charge in [0.25, 0.3) is 0 Å². The largest absolute Gasteiger partial charge is 0.480 e. The molecular formula is C7H11ClO2. The normalized spacial score (nSPS) is 38.8. The molecule has 0 bridgehead atoms. The van der Waals surface area contributed by atoms with Crippen LogP contribution in [0.4, 0.5) is 0 Å². The molecule has 0 spiro atoms. The van der Waals surface area contributed by atoms with Gasteiger partial charge in [-0.1, -0.05) is 13.3 Å². The maximum atomic E-state index is 10.4. The van der Waals surface area contributed by atoms with Crippen molar-refractivity contribution in [2.75, 3.05) is 0 Å². The number of rotatable bonds is 2. The number of alkyl halides is 1. The van der Waals surface area contributed by atoms with Crippen LogP contribution in [-0.4, -0.2) is 16.0 Å². The lowest BCUT2D eigenvalue weighted by molar-refractivity contribution is -0.144. The van der Waals surface area contributed by atoms with Crippen molar-refractivity contribution in [3.8, 4) is 0 Å². The van der Waals surface area contributed by atoms with Crippen molar-refractivity contribution >= 4 is 17.6 Å². The van der Waals surface area contributed by atoms with Crippen molar-refractivity contribution in [2.24, 2.45) is 5.92 Å². The Morgan fingerprint density at radius 2 is 2.30 bits per heavy atom. The summed E-state index contributed by atoms with van der Waals surface area (Å²) in [5.74, 6) is -0.326. The highest BCUT2D eigenvalue weighted by molar-refractivity contribution is 6.34. The molecule has 1 aliphatic rings. The quantitative estimate of drug-likeness (QED) is 0.630. The number of aliphatic carboxylic acids is 1. The lowest BCUT2D eigenvalue weighted by Crippen LogP contribution is -2.45. The van der Waals surface area contributed by atoms with Crippen LogP contribution in [0.5, 0.6) is 0 Å². The molecule has 0 saturated heterocycles. The summed E-state index contributed by atoms with van der Waals surface area (Å²) in [7, 11) is 0. The molecule has 0 amide bonds. The molecule has 1 N–H and O–H groups in total. The predicted octanol–water partition coefficient (Wildman–Crippen LogP) is 1.87. The van der Waals surface area contributed by atoms with Crippen molar-refractivity contribution in [2.45, 2.75) is 31.1 Å². The first-order valence-corrected chi connectivity index (χ1v) is 3.88. The van der Waals surface area contributed by atoms with Crippen LogP contribution in [0.15, 0.2) is 0 Å². The van der Waals surface area contributed by atoms with Crippen LogP contribution in [0, 0.1) is 5.92 Å². The van der Waals surface area contributed by atoms with Gasteiger partial charge in [0, 0.05) is 0 Å². The van der Waals surface area contributed by atoms with E-state index < -0.39 is 10.8 Å². The smallest absolute Gasteiger partial charge is 0.324 e. The molecule has 0 aromatic heterocycles. The predicted molar refractivity (Wildman–Crippen MR) is 39.2 cm³/mol. The average molecular weight is 163 g/mol. The molecule has 1 rings (SSSR count). The van der Waals surface area contributed by atoms with E-state index >= 15 is 0 Å². The van der Waals surface area contributed by atoms with Crippen LogP contribution in [-0.2, 0) is 4.79 Å². The summed E-state index contributed by atoms with van der Waals surface area (Å²) in [4.78, 5) is 9.52. The lowest BCUT2D eigenvalue weighted by atomic mass is 9.73. The summed E-state index contributed by atoms with van der Waals surface area (Å²) in [5, 5.41) is 8.57. The van der Waals surface area contributed by atoms with Crippen LogP contribution >= 0.6 is 11.6 Å². The Kier molecular flexibility index (Phi) is 1.90. The molecule has 2 nitrogen and oxygen atoms in total. The topological polar surface area (TPSA) is 37.3 Å². The van der Waals surface area contributed by atoms with E-state index in [-0.39, 0.29) is 0 Å². The Hall–Kier alpha value is -0.240. The van der Waals surface area contributed by atoms with Crippen LogP contribution in [0.2, 0.25) is 0 Å². The molecule has 1 aliphatic carbocycles. The molecule has 0 heterocycles. The van der Waals surface area contributed by atoms with Crippen molar-refractivity contribution in [1.29, 1.82) is 0 Å². The maximum Gasteiger partial charge on any atom is 0.324 e. The van der Waals surface area contributed by atoms with Crippen LogP contribution in [0.1, 0.15) is 26.2 Å². The van der Waals surface area contributed by atoms with E-state index in [9.17, 15) is 4.79 Å². The molecule has 0 radical (unpaired) electrons. The van der Waals surface area contributed by atoms with Gasteiger partial charge >= 0.3 is 5.97 Å². The van der Waals surface area contributed by atoms with Crippen molar-refractivity contribution in [3.05, 3.63) is 0 Å².